The summed E-state index contributed by atoms with van der Waals surface area (Å²) >= 11 is 1.46. The van der Waals surface area contributed by atoms with Gasteiger partial charge in [0.05, 0.1) is 11.4 Å². The maximum atomic E-state index is 12.7. The largest absolute Gasteiger partial charge is 0.376 e. The summed E-state index contributed by atoms with van der Waals surface area (Å²) in [5, 5.41) is 7.83. The molecule has 5 nitrogen and oxygen atoms in total. The number of piperazine rings is 1. The van der Waals surface area contributed by atoms with Crippen molar-refractivity contribution in [2.75, 3.05) is 38.0 Å². The van der Waals surface area contributed by atoms with Crippen LogP contribution < -0.4 is 5.32 Å². The van der Waals surface area contributed by atoms with Crippen LogP contribution in [0, 0.1) is 0 Å². The molecule has 0 radical (unpaired) electrons. The van der Waals surface area contributed by atoms with E-state index in [-0.39, 0.29) is 18.4 Å². The minimum Gasteiger partial charge on any atom is -0.376 e. The molecule has 3 aromatic rings. The third-order valence-corrected chi connectivity index (χ3v) is 6.82. The number of amides is 2. The Kier molecular flexibility index (Phi) is 4.72. The highest BCUT2D eigenvalue weighted by Gasteiger charge is 2.25. The van der Waals surface area contributed by atoms with E-state index >= 15 is 0 Å². The molecule has 0 atom stereocenters. The summed E-state index contributed by atoms with van der Waals surface area (Å²) in [6.45, 7) is 2.62. The van der Waals surface area contributed by atoms with Crippen LogP contribution in [0.2, 0.25) is 0 Å². The smallest absolute Gasteiger partial charge is 0.264 e. The molecule has 1 fully saturated rings. The van der Waals surface area contributed by atoms with E-state index in [4.69, 9.17) is 0 Å². The maximum Gasteiger partial charge on any atom is 0.264 e. The lowest BCUT2D eigenvalue weighted by Gasteiger charge is -2.34. The molecular weight excluding hydrogens is 382 g/mol. The van der Waals surface area contributed by atoms with Gasteiger partial charge in [0.2, 0.25) is 5.91 Å². The Morgan fingerprint density at radius 1 is 0.897 bits per heavy atom. The molecule has 0 saturated carbocycles. The third-order valence-electron chi connectivity index (χ3n) is 5.96. The predicted octanol–water partition coefficient (Wildman–Crippen LogP) is 3.40. The molecular formula is C23H23N3O2S. The lowest BCUT2D eigenvalue weighted by atomic mass is 10.0. The van der Waals surface area contributed by atoms with Crippen molar-refractivity contribution < 1.29 is 9.59 Å². The summed E-state index contributed by atoms with van der Waals surface area (Å²) in [5.41, 5.74) is 3.82. The van der Waals surface area contributed by atoms with Crippen LogP contribution >= 0.6 is 11.3 Å². The molecule has 1 N–H and O–H groups in total. The number of carbonyl (C=O) groups excluding carboxylic acids is 2. The molecule has 5 rings (SSSR count). The zero-order chi connectivity index (χ0) is 19.8. The van der Waals surface area contributed by atoms with Crippen molar-refractivity contribution in [3.05, 3.63) is 63.8 Å². The van der Waals surface area contributed by atoms with Gasteiger partial charge in [0.15, 0.2) is 0 Å². The second-order valence-electron chi connectivity index (χ2n) is 7.62. The fourth-order valence-corrected chi connectivity index (χ4v) is 5.09. The lowest BCUT2D eigenvalue weighted by molar-refractivity contribution is -0.130. The van der Waals surface area contributed by atoms with Crippen LogP contribution in [0.3, 0.4) is 0 Å². The lowest BCUT2D eigenvalue weighted by Crippen LogP contribution is -2.51. The van der Waals surface area contributed by atoms with E-state index in [0.29, 0.717) is 26.2 Å². The second-order valence-corrected chi connectivity index (χ2v) is 8.56. The van der Waals surface area contributed by atoms with E-state index < -0.39 is 0 Å². The fraction of sp³-hybridized carbons (Fsp3) is 0.304. The molecule has 1 aromatic heterocycles. The zero-order valence-electron chi connectivity index (χ0n) is 16.2. The Bertz CT molecular complexity index is 1060. The number of anilines is 1. The van der Waals surface area contributed by atoms with Crippen LogP contribution in [-0.2, 0) is 17.6 Å². The Morgan fingerprint density at radius 2 is 1.66 bits per heavy atom. The molecule has 0 spiro atoms. The van der Waals surface area contributed by atoms with E-state index in [1.54, 1.807) is 0 Å². The van der Waals surface area contributed by atoms with Crippen LogP contribution in [0.5, 0.6) is 0 Å². The molecule has 1 aliphatic heterocycles. The molecule has 0 unspecified atom stereocenters. The highest BCUT2D eigenvalue weighted by atomic mass is 32.1. The second kappa shape index (κ2) is 7.52. The van der Waals surface area contributed by atoms with Gasteiger partial charge in [-0.05, 0) is 46.9 Å². The molecule has 1 saturated heterocycles. The maximum absolute atomic E-state index is 12.7. The van der Waals surface area contributed by atoms with Crippen LogP contribution in [0.15, 0.2) is 47.8 Å². The van der Waals surface area contributed by atoms with E-state index in [1.807, 2.05) is 27.3 Å². The van der Waals surface area contributed by atoms with E-state index in [9.17, 15) is 9.59 Å². The Labute approximate surface area is 173 Å². The first-order valence-corrected chi connectivity index (χ1v) is 11.0. The van der Waals surface area contributed by atoms with Crippen molar-refractivity contribution in [2.45, 2.75) is 12.8 Å². The van der Waals surface area contributed by atoms with Crippen LogP contribution in [0.1, 0.15) is 20.8 Å². The van der Waals surface area contributed by atoms with E-state index in [1.165, 1.54) is 33.2 Å². The van der Waals surface area contributed by atoms with Crippen molar-refractivity contribution in [3.8, 4) is 0 Å². The molecule has 29 heavy (non-hydrogen) atoms. The van der Waals surface area contributed by atoms with Gasteiger partial charge >= 0.3 is 0 Å². The molecule has 1 aliphatic carbocycles. The zero-order valence-corrected chi connectivity index (χ0v) is 17.0. The summed E-state index contributed by atoms with van der Waals surface area (Å²) in [6, 6.07) is 14.5. The normalized spacial score (nSPS) is 15.7. The van der Waals surface area contributed by atoms with Gasteiger partial charge in [0.1, 0.15) is 0 Å². The van der Waals surface area contributed by atoms with Gasteiger partial charge in [0, 0.05) is 37.3 Å². The molecule has 148 valence electrons. The highest BCUT2D eigenvalue weighted by molar-refractivity contribution is 7.12. The average Bonchev–Trinajstić information content (AvgIpc) is 3.44. The molecule has 6 heteroatoms. The molecule has 2 aromatic carbocycles. The van der Waals surface area contributed by atoms with Crippen molar-refractivity contribution in [3.63, 3.8) is 0 Å². The number of nitrogens with one attached hydrogen (secondary N) is 1. The SMILES string of the molecule is O=C(CNc1ccc2c3c(cccc13)CC2)N1CCN(C(=O)c2cccs2)CC1. The van der Waals surface area contributed by atoms with Crippen LogP contribution in [0.4, 0.5) is 5.69 Å². The fourth-order valence-electron chi connectivity index (χ4n) is 4.40. The summed E-state index contributed by atoms with van der Waals surface area (Å²) < 4.78 is 0. The highest BCUT2D eigenvalue weighted by Crippen LogP contribution is 2.34. The number of benzene rings is 2. The van der Waals surface area contributed by atoms with Gasteiger partial charge in [-0.3, -0.25) is 9.59 Å². The van der Waals surface area contributed by atoms with Crippen molar-refractivity contribution in [2.24, 2.45) is 0 Å². The van der Waals surface area contributed by atoms with Crippen molar-refractivity contribution >= 4 is 39.6 Å². The molecule has 2 heterocycles. The average molecular weight is 406 g/mol. The van der Waals surface area contributed by atoms with Crippen LogP contribution in [0.25, 0.3) is 10.8 Å². The van der Waals surface area contributed by atoms with Crippen LogP contribution in [-0.4, -0.2) is 54.3 Å². The predicted molar refractivity (Wildman–Crippen MR) is 117 cm³/mol. The topological polar surface area (TPSA) is 52.7 Å². The molecule has 2 amide bonds. The summed E-state index contributed by atoms with van der Waals surface area (Å²) in [7, 11) is 0. The first-order chi connectivity index (χ1) is 14.2. The standard InChI is InChI=1S/C23H23N3O2S/c27-21(25-10-12-26(13-11-25)23(28)20-5-2-14-29-20)15-24-19-9-8-17-7-6-16-3-1-4-18(19)22(16)17/h1-5,8-9,14,24H,6-7,10-13,15H2. The summed E-state index contributed by atoms with van der Waals surface area (Å²) in [6.07, 6.45) is 2.20. The van der Waals surface area contributed by atoms with E-state index in [2.05, 4.69) is 35.6 Å². The third kappa shape index (κ3) is 3.38. The first kappa shape index (κ1) is 18.2. The van der Waals surface area contributed by atoms with Gasteiger partial charge in [-0.25, -0.2) is 0 Å². The summed E-state index contributed by atoms with van der Waals surface area (Å²) in [4.78, 5) is 29.6. The molecule has 2 aliphatic rings. The number of nitrogens with zero attached hydrogens (tertiary/aromatic N) is 2. The Balaban J connectivity index is 1.21. The van der Waals surface area contributed by atoms with Gasteiger partial charge < -0.3 is 15.1 Å². The Hall–Kier alpha value is -2.86. The number of rotatable bonds is 4. The number of thiophene rings is 1. The number of aryl methyl sites for hydroxylation is 2. The molecule has 0 bridgehead atoms. The minimum absolute atomic E-state index is 0.0677. The number of hydrogen-bond donors (Lipinski definition) is 1. The van der Waals surface area contributed by atoms with Gasteiger partial charge in [-0.1, -0.05) is 30.3 Å². The monoisotopic (exact) mass is 405 g/mol. The first-order valence-electron chi connectivity index (χ1n) is 10.1. The minimum atomic E-state index is 0.0677. The Morgan fingerprint density at radius 3 is 2.41 bits per heavy atom. The summed E-state index contributed by atoms with van der Waals surface area (Å²) in [5.74, 6) is 0.148. The van der Waals surface area contributed by atoms with Crippen molar-refractivity contribution in [1.29, 1.82) is 0 Å². The van der Waals surface area contributed by atoms with Gasteiger partial charge in [0.25, 0.3) is 5.91 Å². The quantitative estimate of drug-likeness (QED) is 0.724. The van der Waals surface area contributed by atoms with Gasteiger partial charge in [-0.15, -0.1) is 11.3 Å². The van der Waals surface area contributed by atoms with E-state index in [0.717, 1.165) is 23.4 Å². The van der Waals surface area contributed by atoms with Crippen molar-refractivity contribution in [1.82, 2.24) is 9.80 Å². The number of hydrogen-bond acceptors (Lipinski definition) is 4. The van der Waals surface area contributed by atoms with Gasteiger partial charge in [-0.2, -0.15) is 0 Å². The number of carbonyl (C=O) groups is 2.